The second-order valence-corrected chi connectivity index (χ2v) is 8.93. The molecule has 0 radical (unpaired) electrons. The van der Waals surface area contributed by atoms with E-state index in [2.05, 4.69) is 6.07 Å². The minimum atomic E-state index is -0.574. The highest BCUT2D eigenvalue weighted by Crippen LogP contribution is 2.52. The number of likely N-dealkylation sites (tertiary alicyclic amines) is 1. The van der Waals surface area contributed by atoms with Gasteiger partial charge in [0.2, 0.25) is 5.91 Å². The fraction of sp³-hybridized carbons (Fsp3) is 0.500. The molecular formula is C22H23FN2O2. The Balaban J connectivity index is 1.48. The lowest BCUT2D eigenvalue weighted by Gasteiger charge is -2.38. The molecule has 1 spiro atoms. The van der Waals surface area contributed by atoms with Crippen LogP contribution in [-0.2, 0) is 9.59 Å². The molecule has 2 unspecified atom stereocenters. The highest BCUT2D eigenvalue weighted by Gasteiger charge is 2.52. The van der Waals surface area contributed by atoms with Crippen LogP contribution < -0.4 is 0 Å². The summed E-state index contributed by atoms with van der Waals surface area (Å²) >= 11 is 0. The Kier molecular flexibility index (Phi) is 3.99. The van der Waals surface area contributed by atoms with Gasteiger partial charge >= 0.3 is 0 Å². The topological polar surface area (TPSA) is 61.2 Å². The molecule has 2 aliphatic carbocycles. The van der Waals surface area contributed by atoms with Gasteiger partial charge in [0.25, 0.3) is 0 Å². The van der Waals surface area contributed by atoms with Gasteiger partial charge in [-0.2, -0.15) is 5.26 Å². The van der Waals surface area contributed by atoms with Gasteiger partial charge in [0.1, 0.15) is 11.9 Å². The van der Waals surface area contributed by atoms with Gasteiger partial charge in [0, 0.05) is 29.8 Å². The number of carbonyl (C=O) groups is 2. The van der Waals surface area contributed by atoms with E-state index in [1.165, 1.54) is 12.1 Å². The molecule has 5 heteroatoms. The quantitative estimate of drug-likeness (QED) is 0.803. The molecule has 0 N–H and O–H groups in total. The maximum absolute atomic E-state index is 13.1. The van der Waals surface area contributed by atoms with Gasteiger partial charge in [-0.25, -0.2) is 4.39 Å². The number of Topliss-reactive ketones (excluding diaryl/α,β-unsaturated/α-hetero) is 1. The summed E-state index contributed by atoms with van der Waals surface area (Å²) < 4.78 is 13.1. The van der Waals surface area contributed by atoms with Crippen molar-refractivity contribution in [1.82, 2.24) is 4.90 Å². The number of carbonyl (C=O) groups excluding carboxylic acids is 2. The Bertz CT molecular complexity index is 881. The van der Waals surface area contributed by atoms with Gasteiger partial charge in [0.15, 0.2) is 5.78 Å². The van der Waals surface area contributed by atoms with Crippen molar-refractivity contribution in [2.24, 2.45) is 16.7 Å². The molecule has 0 aromatic heterocycles. The van der Waals surface area contributed by atoms with Crippen LogP contribution in [0.25, 0.3) is 0 Å². The monoisotopic (exact) mass is 366 g/mol. The van der Waals surface area contributed by atoms with Gasteiger partial charge in [-0.1, -0.05) is 32.1 Å². The van der Waals surface area contributed by atoms with Crippen LogP contribution >= 0.6 is 0 Å². The summed E-state index contributed by atoms with van der Waals surface area (Å²) in [5.41, 5.74) is 0.393. The third kappa shape index (κ3) is 3.07. The van der Waals surface area contributed by atoms with Crippen LogP contribution in [0.1, 0.15) is 44.6 Å². The zero-order valence-corrected chi connectivity index (χ0v) is 15.7. The Hall–Kier alpha value is -2.48. The molecule has 1 amide bonds. The maximum atomic E-state index is 13.1. The van der Waals surface area contributed by atoms with Crippen molar-refractivity contribution in [3.8, 4) is 6.07 Å². The predicted octanol–water partition coefficient (Wildman–Crippen LogP) is 3.60. The van der Waals surface area contributed by atoms with Gasteiger partial charge in [0.05, 0.1) is 5.57 Å². The first-order chi connectivity index (χ1) is 12.7. The number of rotatable bonds is 2. The van der Waals surface area contributed by atoms with E-state index >= 15 is 0 Å². The summed E-state index contributed by atoms with van der Waals surface area (Å²) in [7, 11) is 0. The first-order valence-corrected chi connectivity index (χ1v) is 9.47. The highest BCUT2D eigenvalue weighted by molar-refractivity contribution is 6.03. The summed E-state index contributed by atoms with van der Waals surface area (Å²) in [5, 5.41) is 9.34. The Morgan fingerprint density at radius 2 is 2.00 bits per heavy atom. The van der Waals surface area contributed by atoms with Crippen molar-refractivity contribution >= 4 is 11.7 Å². The second kappa shape index (κ2) is 6.02. The predicted molar refractivity (Wildman–Crippen MR) is 98.0 cm³/mol. The van der Waals surface area contributed by atoms with E-state index < -0.39 is 5.41 Å². The average Bonchev–Trinajstić information content (AvgIpc) is 3.33. The molecule has 2 fully saturated rings. The molecule has 140 valence electrons. The summed E-state index contributed by atoms with van der Waals surface area (Å²) in [6, 6.07) is 8.45. The lowest BCUT2D eigenvalue weighted by molar-refractivity contribution is -0.132. The number of halogens is 1. The molecule has 3 aliphatic rings. The number of allylic oxidation sites excluding steroid dienone is 1. The fourth-order valence-corrected chi connectivity index (χ4v) is 4.96. The first-order valence-electron chi connectivity index (χ1n) is 9.47. The van der Waals surface area contributed by atoms with Crippen molar-refractivity contribution < 1.29 is 14.0 Å². The van der Waals surface area contributed by atoms with Crippen LogP contribution in [0.4, 0.5) is 4.39 Å². The molecule has 3 atom stereocenters. The first kappa shape index (κ1) is 17.9. The number of hydrogen-bond acceptors (Lipinski definition) is 3. The van der Waals surface area contributed by atoms with E-state index in [1.807, 2.05) is 24.8 Å². The smallest absolute Gasteiger partial charge is 0.226 e. The molecular weight excluding hydrogens is 343 g/mol. The Morgan fingerprint density at radius 1 is 1.30 bits per heavy atom. The van der Waals surface area contributed by atoms with E-state index in [9.17, 15) is 19.2 Å². The van der Waals surface area contributed by atoms with Gasteiger partial charge in [-0.15, -0.1) is 0 Å². The zero-order valence-electron chi connectivity index (χ0n) is 15.7. The van der Waals surface area contributed by atoms with Gasteiger partial charge in [-0.3, -0.25) is 9.59 Å². The third-order valence-corrected chi connectivity index (χ3v) is 6.33. The fourth-order valence-electron chi connectivity index (χ4n) is 4.96. The van der Waals surface area contributed by atoms with E-state index in [4.69, 9.17) is 0 Å². The number of benzene rings is 1. The Labute approximate surface area is 158 Å². The van der Waals surface area contributed by atoms with Crippen LogP contribution in [0.2, 0.25) is 0 Å². The average molecular weight is 366 g/mol. The van der Waals surface area contributed by atoms with Crippen LogP contribution in [0.3, 0.4) is 0 Å². The van der Waals surface area contributed by atoms with E-state index in [0.717, 1.165) is 18.4 Å². The molecule has 4 rings (SSSR count). The molecule has 0 bridgehead atoms. The van der Waals surface area contributed by atoms with Crippen molar-refractivity contribution in [1.29, 1.82) is 5.26 Å². The Morgan fingerprint density at radius 3 is 2.67 bits per heavy atom. The van der Waals surface area contributed by atoms with Crippen molar-refractivity contribution in [3.05, 3.63) is 47.3 Å². The molecule has 27 heavy (non-hydrogen) atoms. The summed E-state index contributed by atoms with van der Waals surface area (Å²) in [6.45, 7) is 5.00. The maximum Gasteiger partial charge on any atom is 0.226 e. The van der Waals surface area contributed by atoms with Crippen LogP contribution in [-0.4, -0.2) is 29.7 Å². The third-order valence-electron chi connectivity index (χ3n) is 6.33. The molecule has 1 aromatic carbocycles. The van der Waals surface area contributed by atoms with Crippen molar-refractivity contribution in [2.75, 3.05) is 13.1 Å². The number of hydrogen-bond donors (Lipinski definition) is 0. The van der Waals surface area contributed by atoms with Crippen LogP contribution in [0.15, 0.2) is 35.9 Å². The van der Waals surface area contributed by atoms with E-state index in [1.54, 1.807) is 12.1 Å². The molecule has 1 heterocycles. The standard InChI is InChI=1S/C22H23FN2O2/c1-21(2)12-22(10-15(11-24)19(21)26)7-8-25(13-22)20(27)18-9-17(18)14-3-5-16(23)6-4-14/h3-6,10,17-18H,7-9,12-13H2,1-2H3/t17?,18?,22-/m1/s1. The number of nitriles is 1. The molecule has 1 aromatic rings. The van der Waals surface area contributed by atoms with Crippen LogP contribution in [0, 0.1) is 33.9 Å². The lowest BCUT2D eigenvalue weighted by atomic mass is 9.64. The largest absolute Gasteiger partial charge is 0.342 e. The van der Waals surface area contributed by atoms with Gasteiger partial charge < -0.3 is 4.90 Å². The molecule has 1 saturated carbocycles. The minimum absolute atomic E-state index is 0.0386. The minimum Gasteiger partial charge on any atom is -0.342 e. The normalized spacial score (nSPS) is 31.6. The highest BCUT2D eigenvalue weighted by atomic mass is 19.1. The van der Waals surface area contributed by atoms with Gasteiger partial charge in [-0.05, 0) is 42.9 Å². The SMILES string of the molecule is CC1(C)C[C@]2(C=C(C#N)C1=O)CCN(C(=O)C1CC1c1ccc(F)cc1)C2. The van der Waals surface area contributed by atoms with Crippen LogP contribution in [0.5, 0.6) is 0 Å². The number of ketones is 1. The summed E-state index contributed by atoms with van der Waals surface area (Å²) in [4.78, 5) is 27.2. The number of nitrogens with zero attached hydrogens (tertiary/aromatic N) is 2. The molecule has 4 nitrogen and oxygen atoms in total. The summed E-state index contributed by atoms with van der Waals surface area (Å²) in [6.07, 6.45) is 4.07. The van der Waals surface area contributed by atoms with E-state index in [0.29, 0.717) is 19.5 Å². The summed E-state index contributed by atoms with van der Waals surface area (Å²) in [5.74, 6) is -0.0902. The number of amides is 1. The molecule has 1 aliphatic heterocycles. The van der Waals surface area contributed by atoms with Crippen molar-refractivity contribution in [3.63, 3.8) is 0 Å². The van der Waals surface area contributed by atoms with Crippen molar-refractivity contribution in [2.45, 2.75) is 39.0 Å². The zero-order chi connectivity index (χ0) is 19.4. The molecule has 1 saturated heterocycles. The second-order valence-electron chi connectivity index (χ2n) is 8.93. The van der Waals surface area contributed by atoms with E-state index in [-0.39, 0.29) is 40.3 Å². The lowest BCUT2D eigenvalue weighted by Crippen LogP contribution is -2.41.